The molecule has 7 heteroatoms. The highest BCUT2D eigenvalue weighted by Crippen LogP contribution is 2.36. The van der Waals surface area contributed by atoms with Crippen LogP contribution in [0.1, 0.15) is 59.3 Å². The molecule has 0 unspecified atom stereocenters. The molecule has 0 radical (unpaired) electrons. The van der Waals surface area contributed by atoms with Gasteiger partial charge < -0.3 is 15.2 Å². The summed E-state index contributed by atoms with van der Waals surface area (Å²) in [5, 5.41) is 15.4. The number of rotatable bonds is 4. The Hall–Kier alpha value is -1.60. The van der Waals surface area contributed by atoms with Crippen LogP contribution in [0.4, 0.5) is 4.79 Å². The molecule has 1 fully saturated rings. The first-order chi connectivity index (χ1) is 12.3. The number of carbonyl (C=O) groups excluding carboxylic acids is 2. The fourth-order valence-electron chi connectivity index (χ4n) is 3.43. The van der Waals surface area contributed by atoms with Crippen LogP contribution in [-0.4, -0.2) is 46.7 Å². The van der Waals surface area contributed by atoms with Gasteiger partial charge in [-0.3, -0.25) is 9.69 Å². The highest BCUT2D eigenvalue weighted by Gasteiger charge is 2.46. The maximum Gasteiger partial charge on any atom is 0.410 e. The fourth-order valence-corrected chi connectivity index (χ4v) is 4.22. The average Bonchev–Trinajstić information content (AvgIpc) is 3.05. The summed E-state index contributed by atoms with van der Waals surface area (Å²) in [6, 6.07) is 3.07. The van der Waals surface area contributed by atoms with Crippen LogP contribution < -0.4 is 5.32 Å². The van der Waals surface area contributed by atoms with E-state index in [1.54, 1.807) is 6.92 Å². The number of piperidine rings is 1. The predicted octanol–water partition coefficient (Wildman–Crippen LogP) is 3.50. The number of nitrogens with zero attached hydrogens (tertiary/aromatic N) is 1. The van der Waals surface area contributed by atoms with Crippen molar-refractivity contribution in [3.63, 3.8) is 0 Å². The van der Waals surface area contributed by atoms with E-state index >= 15 is 0 Å². The first-order valence-electron chi connectivity index (χ1n) is 9.37. The van der Waals surface area contributed by atoms with E-state index in [0.717, 1.165) is 17.7 Å². The predicted molar refractivity (Wildman–Crippen MR) is 107 cm³/mol. The monoisotopic (exact) mass is 396 g/mol. The molecule has 0 spiro atoms. The lowest BCUT2D eigenvalue weighted by Crippen LogP contribution is -2.60. The highest BCUT2D eigenvalue weighted by molar-refractivity contribution is 7.10. The van der Waals surface area contributed by atoms with Gasteiger partial charge in [0.1, 0.15) is 17.2 Å². The van der Waals surface area contributed by atoms with Crippen molar-refractivity contribution in [2.75, 3.05) is 13.1 Å². The van der Waals surface area contributed by atoms with Gasteiger partial charge in [0.05, 0.1) is 6.54 Å². The molecule has 2 N–H and O–H groups in total. The van der Waals surface area contributed by atoms with E-state index < -0.39 is 23.3 Å². The molecule has 1 aliphatic heterocycles. The molecule has 6 nitrogen and oxygen atoms in total. The zero-order valence-corrected chi connectivity index (χ0v) is 18.0. The Labute approximate surface area is 165 Å². The summed E-state index contributed by atoms with van der Waals surface area (Å²) in [5.74, 6) is -0.262. The van der Waals surface area contributed by atoms with Gasteiger partial charge in [0.15, 0.2) is 0 Å². The summed E-state index contributed by atoms with van der Waals surface area (Å²) >= 11 is 1.44. The number of thiophene rings is 1. The van der Waals surface area contributed by atoms with E-state index in [1.165, 1.54) is 16.2 Å². The minimum absolute atomic E-state index is 0.0844. The fraction of sp³-hybridized carbons (Fsp3) is 0.700. The molecule has 1 aromatic rings. The third kappa shape index (κ3) is 5.45. The lowest BCUT2D eigenvalue weighted by molar-refractivity contribution is -0.134. The lowest BCUT2D eigenvalue weighted by Gasteiger charge is -2.45. The standard InChI is InChI=1S/C20H32N2O4S/c1-18(2,3)26-17(24)22-11-8-10-19(4,5)15(22)16(23)21-13-20(6,25)14-9-7-12-27-14/h7,9,12,15,25H,8,10-11,13H2,1-6H3,(H,21,23)/t15-,20-/m1/s1. The Morgan fingerprint density at radius 1 is 1.37 bits per heavy atom. The Morgan fingerprint density at radius 3 is 2.59 bits per heavy atom. The molecule has 27 heavy (non-hydrogen) atoms. The molecule has 0 aromatic carbocycles. The molecule has 2 amide bonds. The molecule has 0 saturated carbocycles. The van der Waals surface area contributed by atoms with Crippen molar-refractivity contribution in [3.05, 3.63) is 22.4 Å². The summed E-state index contributed by atoms with van der Waals surface area (Å²) in [4.78, 5) is 28.0. The molecule has 0 bridgehead atoms. The SMILES string of the molecule is CC(C)(C)OC(=O)N1CCCC(C)(C)[C@H]1C(=O)NC[C@@](C)(O)c1cccs1. The quantitative estimate of drug-likeness (QED) is 0.816. The third-order valence-corrected chi connectivity index (χ3v) is 5.93. The van der Waals surface area contributed by atoms with Crippen LogP contribution in [-0.2, 0) is 15.1 Å². The number of aliphatic hydroxyl groups is 1. The first kappa shape index (κ1) is 21.7. The number of likely N-dealkylation sites (tertiary alicyclic amines) is 1. The van der Waals surface area contributed by atoms with Crippen molar-refractivity contribution in [3.8, 4) is 0 Å². The third-order valence-electron chi connectivity index (χ3n) is 4.81. The Morgan fingerprint density at radius 2 is 2.04 bits per heavy atom. The smallest absolute Gasteiger partial charge is 0.410 e. The van der Waals surface area contributed by atoms with Gasteiger partial charge in [-0.2, -0.15) is 0 Å². The van der Waals surface area contributed by atoms with Crippen molar-refractivity contribution >= 4 is 23.3 Å². The number of amides is 2. The van der Waals surface area contributed by atoms with Crippen LogP contribution in [0.15, 0.2) is 17.5 Å². The van der Waals surface area contributed by atoms with Gasteiger partial charge in [-0.05, 0) is 57.4 Å². The second-order valence-electron chi connectivity index (χ2n) is 9.14. The van der Waals surface area contributed by atoms with Crippen LogP contribution in [0.25, 0.3) is 0 Å². The van der Waals surface area contributed by atoms with E-state index in [2.05, 4.69) is 5.32 Å². The van der Waals surface area contributed by atoms with Gasteiger partial charge in [0.2, 0.25) is 5.91 Å². The topological polar surface area (TPSA) is 78.9 Å². The minimum Gasteiger partial charge on any atom is -0.444 e. The van der Waals surface area contributed by atoms with E-state index in [-0.39, 0.29) is 17.9 Å². The molecule has 1 saturated heterocycles. The van der Waals surface area contributed by atoms with Crippen molar-refractivity contribution in [1.29, 1.82) is 0 Å². The highest BCUT2D eigenvalue weighted by atomic mass is 32.1. The molecular formula is C20H32N2O4S. The molecule has 0 aliphatic carbocycles. The maximum absolute atomic E-state index is 13.0. The molecule has 2 atom stereocenters. The molecule has 152 valence electrons. The minimum atomic E-state index is -1.15. The van der Waals surface area contributed by atoms with Crippen LogP contribution in [0, 0.1) is 5.41 Å². The van der Waals surface area contributed by atoms with Crippen molar-refractivity contribution in [1.82, 2.24) is 10.2 Å². The summed E-state index contributed by atoms with van der Waals surface area (Å²) in [6.07, 6.45) is 1.19. The van der Waals surface area contributed by atoms with Crippen LogP contribution >= 0.6 is 11.3 Å². The zero-order chi connectivity index (χ0) is 20.5. The second-order valence-corrected chi connectivity index (χ2v) is 10.1. The van der Waals surface area contributed by atoms with E-state index in [4.69, 9.17) is 4.74 Å². The summed E-state index contributed by atoms with van der Waals surface area (Å²) in [5.41, 5.74) is -2.16. The maximum atomic E-state index is 13.0. The Bertz CT molecular complexity index is 662. The van der Waals surface area contributed by atoms with E-state index in [1.807, 2.05) is 52.1 Å². The normalized spacial score (nSPS) is 22.0. The molecular weight excluding hydrogens is 364 g/mol. The Kier molecular flexibility index (Phi) is 6.26. The Balaban J connectivity index is 2.14. The largest absolute Gasteiger partial charge is 0.444 e. The molecule has 2 rings (SSSR count). The van der Waals surface area contributed by atoms with E-state index in [0.29, 0.717) is 6.54 Å². The van der Waals surface area contributed by atoms with Crippen LogP contribution in [0.2, 0.25) is 0 Å². The van der Waals surface area contributed by atoms with Crippen LogP contribution in [0.5, 0.6) is 0 Å². The van der Waals surface area contributed by atoms with Gasteiger partial charge in [-0.25, -0.2) is 4.79 Å². The van der Waals surface area contributed by atoms with Crippen molar-refractivity contribution in [2.24, 2.45) is 5.41 Å². The number of ether oxygens (including phenoxy) is 1. The molecule has 2 heterocycles. The van der Waals surface area contributed by atoms with Crippen molar-refractivity contribution in [2.45, 2.75) is 71.6 Å². The number of carbonyl (C=O) groups is 2. The first-order valence-corrected chi connectivity index (χ1v) is 10.3. The van der Waals surface area contributed by atoms with Gasteiger partial charge in [-0.1, -0.05) is 19.9 Å². The summed E-state index contributed by atoms with van der Waals surface area (Å²) in [7, 11) is 0. The number of nitrogens with one attached hydrogen (secondary N) is 1. The van der Waals surface area contributed by atoms with Gasteiger partial charge in [0.25, 0.3) is 0 Å². The second kappa shape index (κ2) is 7.80. The average molecular weight is 397 g/mol. The van der Waals surface area contributed by atoms with Gasteiger partial charge >= 0.3 is 6.09 Å². The van der Waals surface area contributed by atoms with Crippen LogP contribution in [0.3, 0.4) is 0 Å². The van der Waals surface area contributed by atoms with Gasteiger partial charge in [-0.15, -0.1) is 11.3 Å². The zero-order valence-electron chi connectivity index (χ0n) is 17.2. The van der Waals surface area contributed by atoms with Gasteiger partial charge in [0, 0.05) is 11.4 Å². The number of hydrogen-bond donors (Lipinski definition) is 2. The molecule has 1 aliphatic rings. The summed E-state index contributed by atoms with van der Waals surface area (Å²) in [6.45, 7) is 11.7. The number of hydrogen-bond acceptors (Lipinski definition) is 5. The molecule has 1 aromatic heterocycles. The van der Waals surface area contributed by atoms with Crippen molar-refractivity contribution < 1.29 is 19.4 Å². The summed E-state index contributed by atoms with van der Waals surface area (Å²) < 4.78 is 5.51. The lowest BCUT2D eigenvalue weighted by atomic mass is 9.76. The van der Waals surface area contributed by atoms with E-state index in [9.17, 15) is 14.7 Å².